The molecule has 3 rings (SSSR count). The fourth-order valence-electron chi connectivity index (χ4n) is 4.19. The predicted octanol–water partition coefficient (Wildman–Crippen LogP) is 2.64. The molecule has 0 bridgehead atoms. The summed E-state index contributed by atoms with van der Waals surface area (Å²) in [5, 5.41) is 3.32. The monoisotopic (exact) mass is 426 g/mol. The number of hydrogen-bond donors (Lipinski definition) is 1. The maximum absolute atomic E-state index is 12.9. The summed E-state index contributed by atoms with van der Waals surface area (Å²) < 4.78 is 10.2. The van der Waals surface area contributed by atoms with Gasteiger partial charge in [0.2, 0.25) is 0 Å². The lowest BCUT2D eigenvalue weighted by atomic mass is 9.91. The lowest BCUT2D eigenvalue weighted by Gasteiger charge is -2.32. The quantitative estimate of drug-likeness (QED) is 0.728. The molecule has 1 aromatic rings. The van der Waals surface area contributed by atoms with Crippen LogP contribution in [-0.4, -0.2) is 50.1 Å². The van der Waals surface area contributed by atoms with E-state index >= 15 is 0 Å². The fourth-order valence-corrected chi connectivity index (χ4v) is 4.19. The Morgan fingerprint density at radius 2 is 2.00 bits per heavy atom. The molecule has 0 aromatic carbocycles. The second-order valence-corrected chi connectivity index (χ2v) is 7.89. The van der Waals surface area contributed by atoms with E-state index in [9.17, 15) is 14.4 Å². The molecule has 0 radical (unpaired) electrons. The molecular weight excluding hydrogens is 396 g/mol. The predicted molar refractivity (Wildman–Crippen MR) is 112 cm³/mol. The van der Waals surface area contributed by atoms with Crippen molar-refractivity contribution in [1.29, 1.82) is 0 Å². The zero-order valence-corrected chi connectivity index (χ0v) is 18.0. The number of esters is 1. The van der Waals surface area contributed by atoms with Crippen LogP contribution in [0, 0.1) is 12.8 Å². The van der Waals surface area contributed by atoms with Gasteiger partial charge in [-0.25, -0.2) is 4.79 Å². The lowest BCUT2D eigenvalue weighted by molar-refractivity contribution is -0.141. The number of ether oxygens (including phenoxy) is 1. The first-order chi connectivity index (χ1) is 13.5. The van der Waals surface area contributed by atoms with Crippen LogP contribution in [0.5, 0.6) is 0 Å². The van der Waals surface area contributed by atoms with E-state index in [1.54, 1.807) is 4.90 Å². The number of hydrogen-bond acceptors (Lipinski definition) is 6. The second kappa shape index (κ2) is 10.8. The Balaban J connectivity index is 0.00000300. The maximum Gasteiger partial charge on any atom is 0.349 e. The number of halogens is 1. The number of piperidine rings is 2. The molecule has 2 aliphatic rings. The molecular formula is C21H31ClN2O5. The Kier molecular flexibility index (Phi) is 8.71. The Bertz CT molecular complexity index is 765. The number of rotatable bonds is 5. The van der Waals surface area contributed by atoms with E-state index in [0.29, 0.717) is 36.8 Å². The summed E-state index contributed by atoms with van der Waals surface area (Å²) in [5.41, 5.74) is 0.313. The van der Waals surface area contributed by atoms with E-state index in [0.717, 1.165) is 45.2 Å². The number of carbonyl (C=O) groups is 2. The van der Waals surface area contributed by atoms with E-state index in [2.05, 4.69) is 10.1 Å². The molecule has 7 nitrogen and oxygen atoms in total. The number of likely N-dealkylation sites (tertiary alicyclic amines) is 1. The van der Waals surface area contributed by atoms with Gasteiger partial charge in [0.05, 0.1) is 7.11 Å². The number of aryl methyl sites for hydroxylation is 1. The molecule has 3 heterocycles. The second-order valence-electron chi connectivity index (χ2n) is 7.89. The molecule has 1 atom stereocenters. The fraction of sp³-hybridized carbons (Fsp3) is 0.667. The van der Waals surface area contributed by atoms with Crippen molar-refractivity contribution in [2.75, 3.05) is 33.3 Å². The molecule has 0 aliphatic carbocycles. The van der Waals surface area contributed by atoms with Gasteiger partial charge in [-0.15, -0.1) is 12.4 Å². The molecule has 29 heavy (non-hydrogen) atoms. The van der Waals surface area contributed by atoms with Gasteiger partial charge in [0.15, 0.2) is 0 Å². The van der Waals surface area contributed by atoms with Gasteiger partial charge >= 0.3 is 11.6 Å². The molecule has 2 saturated heterocycles. The van der Waals surface area contributed by atoms with Crippen LogP contribution in [0.4, 0.5) is 0 Å². The summed E-state index contributed by atoms with van der Waals surface area (Å²) in [6.07, 6.45) is 4.90. The maximum atomic E-state index is 12.9. The average Bonchev–Trinajstić information content (AvgIpc) is 2.72. The zero-order chi connectivity index (χ0) is 20.1. The van der Waals surface area contributed by atoms with Crippen LogP contribution in [0.1, 0.15) is 66.1 Å². The Morgan fingerprint density at radius 3 is 2.59 bits per heavy atom. The van der Waals surface area contributed by atoms with Crippen LogP contribution in [0.25, 0.3) is 0 Å². The van der Waals surface area contributed by atoms with Crippen LogP contribution in [0.2, 0.25) is 0 Å². The zero-order valence-electron chi connectivity index (χ0n) is 17.2. The smallest absolute Gasteiger partial charge is 0.349 e. The number of methoxy groups -OCH3 is 1. The Labute approximate surface area is 177 Å². The highest BCUT2D eigenvalue weighted by Gasteiger charge is 2.28. The van der Waals surface area contributed by atoms with Crippen molar-refractivity contribution in [2.24, 2.45) is 5.92 Å². The molecule has 162 valence electrons. The standard InChI is InChI=1S/C21H30N2O5.ClH/c1-14-12-17(16-4-3-9-22-13-16)28-21(26)19(14)20(25)23-10-7-15(8-11-23)5-6-18(24)27-2;/h12,15-16,22H,3-11,13H2,1-2H3;1H. The minimum atomic E-state index is -0.529. The van der Waals surface area contributed by atoms with Gasteiger partial charge < -0.3 is 19.4 Å². The van der Waals surface area contributed by atoms with Crippen molar-refractivity contribution < 1.29 is 18.7 Å². The SMILES string of the molecule is COC(=O)CCC1CCN(C(=O)c2c(C)cc(C3CCCNC3)oc2=O)CC1.Cl. The first-order valence-corrected chi connectivity index (χ1v) is 10.2. The summed E-state index contributed by atoms with van der Waals surface area (Å²) in [6.45, 7) is 4.79. The van der Waals surface area contributed by atoms with E-state index in [4.69, 9.17) is 4.42 Å². The number of nitrogens with one attached hydrogen (secondary N) is 1. The topological polar surface area (TPSA) is 88.8 Å². The van der Waals surface area contributed by atoms with Gasteiger partial charge in [0.25, 0.3) is 5.91 Å². The average molecular weight is 427 g/mol. The van der Waals surface area contributed by atoms with Crippen molar-refractivity contribution in [3.63, 3.8) is 0 Å². The van der Waals surface area contributed by atoms with E-state index < -0.39 is 5.63 Å². The molecule has 2 fully saturated rings. The third-order valence-electron chi connectivity index (χ3n) is 5.97. The molecule has 0 spiro atoms. The van der Waals surface area contributed by atoms with Gasteiger partial charge in [-0.2, -0.15) is 0 Å². The highest BCUT2D eigenvalue weighted by Crippen LogP contribution is 2.26. The van der Waals surface area contributed by atoms with E-state index in [1.165, 1.54) is 7.11 Å². The van der Waals surface area contributed by atoms with Crippen molar-refractivity contribution in [2.45, 2.75) is 51.4 Å². The Hall–Kier alpha value is -1.86. The van der Waals surface area contributed by atoms with Gasteiger partial charge in [0.1, 0.15) is 11.3 Å². The first kappa shape index (κ1) is 23.4. The molecule has 8 heteroatoms. The summed E-state index contributed by atoms with van der Waals surface area (Å²) in [4.78, 5) is 38.5. The normalized spacial score (nSPS) is 20.1. The van der Waals surface area contributed by atoms with Crippen LogP contribution < -0.4 is 10.9 Å². The van der Waals surface area contributed by atoms with Crippen LogP contribution in [0.3, 0.4) is 0 Å². The van der Waals surface area contributed by atoms with Gasteiger partial charge in [-0.05, 0) is 63.1 Å². The third kappa shape index (κ3) is 5.82. The minimum Gasteiger partial charge on any atom is -0.469 e. The summed E-state index contributed by atoms with van der Waals surface area (Å²) >= 11 is 0. The van der Waals surface area contributed by atoms with Gasteiger partial charge in [-0.3, -0.25) is 9.59 Å². The van der Waals surface area contributed by atoms with E-state index in [-0.39, 0.29) is 35.8 Å². The van der Waals surface area contributed by atoms with Crippen LogP contribution in [0.15, 0.2) is 15.3 Å². The molecule has 2 aliphatic heterocycles. The van der Waals surface area contributed by atoms with Crippen molar-refractivity contribution in [1.82, 2.24) is 10.2 Å². The molecule has 1 unspecified atom stereocenters. The highest BCUT2D eigenvalue weighted by atomic mass is 35.5. The molecule has 1 amide bonds. The van der Waals surface area contributed by atoms with Crippen molar-refractivity contribution in [3.05, 3.63) is 33.4 Å². The van der Waals surface area contributed by atoms with Crippen molar-refractivity contribution >= 4 is 24.3 Å². The lowest BCUT2D eigenvalue weighted by Crippen LogP contribution is -2.41. The Morgan fingerprint density at radius 1 is 1.28 bits per heavy atom. The summed E-state index contributed by atoms with van der Waals surface area (Å²) in [7, 11) is 1.40. The molecule has 1 aromatic heterocycles. The summed E-state index contributed by atoms with van der Waals surface area (Å²) in [5.74, 6) is 0.829. The third-order valence-corrected chi connectivity index (χ3v) is 5.97. The minimum absolute atomic E-state index is 0. The molecule has 0 saturated carbocycles. The van der Waals surface area contributed by atoms with Crippen molar-refractivity contribution in [3.8, 4) is 0 Å². The molecule has 1 N–H and O–H groups in total. The number of nitrogens with zero attached hydrogens (tertiary/aromatic N) is 1. The van der Waals surface area contributed by atoms with Crippen LogP contribution in [-0.2, 0) is 9.53 Å². The van der Waals surface area contributed by atoms with Crippen LogP contribution >= 0.6 is 12.4 Å². The first-order valence-electron chi connectivity index (χ1n) is 10.2. The summed E-state index contributed by atoms with van der Waals surface area (Å²) in [6, 6.07) is 1.86. The number of carbonyl (C=O) groups excluding carboxylic acids is 2. The van der Waals surface area contributed by atoms with E-state index in [1.807, 2.05) is 13.0 Å². The largest absolute Gasteiger partial charge is 0.469 e. The van der Waals surface area contributed by atoms with Gasteiger partial charge in [0, 0.05) is 32.0 Å². The van der Waals surface area contributed by atoms with Gasteiger partial charge in [-0.1, -0.05) is 0 Å². The number of amides is 1. The highest BCUT2D eigenvalue weighted by molar-refractivity contribution is 5.95.